The van der Waals surface area contributed by atoms with E-state index in [2.05, 4.69) is 10.6 Å². The lowest BCUT2D eigenvalue weighted by atomic mass is 10.2. The van der Waals surface area contributed by atoms with Crippen LogP contribution in [0.2, 0.25) is 0 Å². The Morgan fingerprint density at radius 2 is 1.86 bits per heavy atom. The highest BCUT2D eigenvalue weighted by molar-refractivity contribution is 5.90. The van der Waals surface area contributed by atoms with Crippen LogP contribution in [0.1, 0.15) is 6.92 Å². The van der Waals surface area contributed by atoms with Gasteiger partial charge in [0.15, 0.2) is 11.6 Å². The third-order valence-electron chi connectivity index (χ3n) is 4.20. The summed E-state index contributed by atoms with van der Waals surface area (Å²) in [6.45, 7) is 1.45. The Balaban J connectivity index is 1.81. The van der Waals surface area contributed by atoms with Gasteiger partial charge in [0.25, 0.3) is 0 Å². The van der Waals surface area contributed by atoms with Crippen molar-refractivity contribution in [3.05, 3.63) is 58.3 Å². The van der Waals surface area contributed by atoms with Crippen LogP contribution in [-0.2, 0) is 9.53 Å². The van der Waals surface area contributed by atoms with Gasteiger partial charge in [0, 0.05) is 24.7 Å². The fraction of sp³-hybridized carbons (Fsp3) is 0.211. The quantitative estimate of drug-likeness (QED) is 0.703. The molecule has 1 fully saturated rings. The molecule has 0 aliphatic carbocycles. The minimum Gasteiger partial charge on any atom is -0.442 e. The largest absolute Gasteiger partial charge is 0.442 e. The van der Waals surface area contributed by atoms with Crippen LogP contribution >= 0.6 is 0 Å². The van der Waals surface area contributed by atoms with Crippen molar-refractivity contribution in [2.75, 3.05) is 29.0 Å². The molecule has 0 unspecified atom stereocenters. The maximum absolute atomic E-state index is 14.6. The Hall–Kier alpha value is -3.69. The van der Waals surface area contributed by atoms with Gasteiger partial charge in [-0.25, -0.2) is 13.6 Å². The Morgan fingerprint density at radius 3 is 2.52 bits per heavy atom. The van der Waals surface area contributed by atoms with Crippen molar-refractivity contribution in [1.82, 2.24) is 5.32 Å². The van der Waals surface area contributed by atoms with E-state index in [-0.39, 0.29) is 36.1 Å². The molecule has 1 atom stereocenters. The first-order chi connectivity index (χ1) is 13.7. The first-order valence-electron chi connectivity index (χ1n) is 8.63. The molecular weight excluding hydrogens is 386 g/mol. The van der Waals surface area contributed by atoms with E-state index in [1.54, 1.807) is 0 Å². The minimum atomic E-state index is -0.945. The number of nitrogens with two attached hydrogens (primary N) is 1. The molecular formula is C19H18F2N4O4. The Labute approximate surface area is 164 Å². The topological polar surface area (TPSA) is 114 Å². The van der Waals surface area contributed by atoms with Gasteiger partial charge in [-0.1, -0.05) is 0 Å². The summed E-state index contributed by atoms with van der Waals surface area (Å²) in [5.74, 6) is -2.17. The number of ether oxygens (including phenoxy) is 1. The van der Waals surface area contributed by atoms with Crippen LogP contribution in [0.4, 0.5) is 36.3 Å². The number of amides is 2. The van der Waals surface area contributed by atoms with Crippen LogP contribution in [0.25, 0.3) is 0 Å². The van der Waals surface area contributed by atoms with Crippen LogP contribution in [0.5, 0.6) is 0 Å². The van der Waals surface area contributed by atoms with E-state index in [9.17, 15) is 23.2 Å². The van der Waals surface area contributed by atoms with Crippen molar-refractivity contribution < 1.29 is 23.1 Å². The van der Waals surface area contributed by atoms with Crippen molar-refractivity contribution >= 4 is 34.7 Å². The molecule has 1 saturated heterocycles. The monoisotopic (exact) mass is 404 g/mol. The van der Waals surface area contributed by atoms with Crippen LogP contribution in [-0.4, -0.2) is 31.2 Å². The number of nitrogen functional groups attached to an aromatic ring is 1. The summed E-state index contributed by atoms with van der Waals surface area (Å²) in [4.78, 5) is 35.6. The van der Waals surface area contributed by atoms with Gasteiger partial charge in [-0.15, -0.1) is 0 Å². The second-order valence-corrected chi connectivity index (χ2v) is 6.40. The number of benzene rings is 1. The fourth-order valence-electron chi connectivity index (χ4n) is 2.74. The van der Waals surface area contributed by atoms with Crippen molar-refractivity contribution in [3.8, 4) is 0 Å². The van der Waals surface area contributed by atoms with E-state index < -0.39 is 34.9 Å². The molecule has 1 aliphatic heterocycles. The number of carbonyl (C=O) groups is 2. The predicted octanol–water partition coefficient (Wildman–Crippen LogP) is 2.11. The number of halogens is 2. The highest BCUT2D eigenvalue weighted by atomic mass is 19.1. The molecule has 0 bridgehead atoms. The summed E-state index contributed by atoms with van der Waals surface area (Å²) >= 11 is 0. The molecule has 1 heterocycles. The molecule has 8 nitrogen and oxygen atoms in total. The van der Waals surface area contributed by atoms with E-state index in [0.717, 1.165) is 17.0 Å². The standard InChI is InChI=1S/C19H18F2N4O4/c1-10(26)23-8-13-9-25(19(28)29-13)12-6-14(20)18(15(21)7-12)24-11-2-4-16(22)17(27)5-3-11/h2-7,13,24H,8-9H2,1H3,(H2,22,27)(H,23,26)/t13-/m0/s1. The molecule has 0 spiro atoms. The average molecular weight is 404 g/mol. The Kier molecular flexibility index (Phi) is 5.62. The summed E-state index contributed by atoms with van der Waals surface area (Å²) in [6, 6.07) is 7.24. The van der Waals surface area contributed by atoms with Gasteiger partial charge in [0.2, 0.25) is 11.3 Å². The molecule has 2 aromatic carbocycles. The number of hydrogen-bond donors (Lipinski definition) is 3. The zero-order chi connectivity index (χ0) is 21.1. The predicted molar refractivity (Wildman–Crippen MR) is 103 cm³/mol. The van der Waals surface area contributed by atoms with Gasteiger partial charge in [-0.05, 0) is 24.3 Å². The van der Waals surface area contributed by atoms with Gasteiger partial charge < -0.3 is 21.1 Å². The third kappa shape index (κ3) is 4.60. The summed E-state index contributed by atoms with van der Waals surface area (Å²) in [5, 5.41) is 5.08. The zero-order valence-corrected chi connectivity index (χ0v) is 15.4. The molecule has 2 aromatic rings. The number of nitrogens with zero attached hydrogens (tertiary/aromatic N) is 1. The minimum absolute atomic E-state index is 0.00398. The zero-order valence-electron chi connectivity index (χ0n) is 15.4. The number of anilines is 4. The second kappa shape index (κ2) is 8.13. The Bertz CT molecular complexity index is 1010. The summed E-state index contributed by atoms with van der Waals surface area (Å²) in [7, 11) is 0. The van der Waals surface area contributed by atoms with E-state index in [1.807, 2.05) is 0 Å². The van der Waals surface area contributed by atoms with Crippen molar-refractivity contribution in [2.45, 2.75) is 13.0 Å². The van der Waals surface area contributed by atoms with Crippen LogP contribution in [0, 0.1) is 11.6 Å². The van der Waals surface area contributed by atoms with Crippen LogP contribution in [0.15, 0.2) is 41.2 Å². The van der Waals surface area contributed by atoms with Gasteiger partial charge in [0.1, 0.15) is 11.8 Å². The van der Waals surface area contributed by atoms with Crippen LogP contribution < -0.4 is 26.7 Å². The molecule has 1 aliphatic rings. The van der Waals surface area contributed by atoms with Crippen molar-refractivity contribution in [2.24, 2.45) is 0 Å². The lowest BCUT2D eigenvalue weighted by Gasteiger charge is -2.16. The molecule has 4 N–H and O–H groups in total. The SMILES string of the molecule is CC(=O)NC[C@H]1CN(c2cc(F)c(Nc3ccc(N)c(=O)cc3)c(F)c2)C(=O)O1. The molecule has 152 valence electrons. The number of rotatable bonds is 5. The first-order valence-corrected chi connectivity index (χ1v) is 8.63. The molecule has 10 heteroatoms. The summed E-state index contributed by atoms with van der Waals surface area (Å²) in [6.07, 6.45) is -1.40. The summed E-state index contributed by atoms with van der Waals surface area (Å²) < 4.78 is 34.2. The third-order valence-corrected chi connectivity index (χ3v) is 4.20. The molecule has 29 heavy (non-hydrogen) atoms. The number of cyclic esters (lactones) is 1. The van der Waals surface area contributed by atoms with E-state index in [1.165, 1.54) is 31.2 Å². The number of hydrogen-bond acceptors (Lipinski definition) is 6. The molecule has 2 amide bonds. The molecule has 0 saturated carbocycles. The van der Waals surface area contributed by atoms with Crippen molar-refractivity contribution in [1.29, 1.82) is 0 Å². The average Bonchev–Trinajstić information content (AvgIpc) is 2.96. The van der Waals surface area contributed by atoms with Crippen molar-refractivity contribution in [3.63, 3.8) is 0 Å². The highest BCUT2D eigenvalue weighted by Crippen LogP contribution is 2.30. The van der Waals surface area contributed by atoms with Gasteiger partial charge in [0.05, 0.1) is 24.5 Å². The highest BCUT2D eigenvalue weighted by Gasteiger charge is 2.33. The van der Waals surface area contributed by atoms with Crippen LogP contribution in [0.3, 0.4) is 0 Å². The van der Waals surface area contributed by atoms with Gasteiger partial charge in [-0.2, -0.15) is 0 Å². The van der Waals surface area contributed by atoms with Gasteiger partial charge >= 0.3 is 6.09 Å². The normalized spacial score (nSPS) is 15.8. The van der Waals surface area contributed by atoms with E-state index in [4.69, 9.17) is 10.5 Å². The molecule has 0 aromatic heterocycles. The maximum atomic E-state index is 14.6. The Morgan fingerprint density at radius 1 is 1.21 bits per heavy atom. The number of nitrogens with one attached hydrogen (secondary N) is 2. The molecule has 0 radical (unpaired) electrons. The lowest BCUT2D eigenvalue weighted by Crippen LogP contribution is -2.33. The van der Waals surface area contributed by atoms with E-state index in [0.29, 0.717) is 0 Å². The maximum Gasteiger partial charge on any atom is 0.414 e. The summed E-state index contributed by atoms with van der Waals surface area (Å²) in [5.41, 5.74) is 4.87. The van der Waals surface area contributed by atoms with E-state index >= 15 is 0 Å². The first kappa shape index (κ1) is 20.1. The van der Waals surface area contributed by atoms with Gasteiger partial charge in [-0.3, -0.25) is 14.5 Å². The second-order valence-electron chi connectivity index (χ2n) is 6.40. The number of carbonyl (C=O) groups excluding carboxylic acids is 2. The lowest BCUT2D eigenvalue weighted by molar-refractivity contribution is -0.119. The smallest absolute Gasteiger partial charge is 0.414 e. The fourth-order valence-corrected chi connectivity index (χ4v) is 2.74. The molecule has 3 rings (SSSR count).